The molecule has 0 fully saturated rings. The van der Waals surface area contributed by atoms with Crippen LogP contribution >= 0.6 is 27.5 Å². The molecule has 2 aromatic rings. The maximum Gasteiger partial charge on any atom is 0.266 e. The Labute approximate surface area is 127 Å². The van der Waals surface area contributed by atoms with Crippen molar-refractivity contribution in [3.8, 4) is 0 Å². The van der Waals surface area contributed by atoms with Crippen LogP contribution in [0.4, 0.5) is 15.9 Å². The number of rotatable bonds is 3. The summed E-state index contributed by atoms with van der Waals surface area (Å²) >= 11 is 8.75. The number of hydrogen-bond donors (Lipinski definition) is 2. The summed E-state index contributed by atoms with van der Waals surface area (Å²) in [4.78, 5) is -0.672. The van der Waals surface area contributed by atoms with Crippen molar-refractivity contribution in [1.82, 2.24) is 10.2 Å². The number of nitrogens with zero attached hydrogens (tertiary/aromatic N) is 2. The van der Waals surface area contributed by atoms with E-state index in [0.717, 1.165) is 6.07 Å². The van der Waals surface area contributed by atoms with E-state index in [-0.39, 0.29) is 15.3 Å². The van der Waals surface area contributed by atoms with Crippen LogP contribution in [-0.4, -0.2) is 18.6 Å². The molecule has 0 spiro atoms. The lowest BCUT2D eigenvalue weighted by Gasteiger charge is -2.11. The summed E-state index contributed by atoms with van der Waals surface area (Å²) in [5.74, 6) is -1.15. The Kier molecular flexibility index (Phi) is 4.11. The third kappa shape index (κ3) is 2.84. The molecular weight excluding hydrogens is 375 g/mol. The molecule has 2 rings (SSSR count). The number of nitrogens with one attached hydrogen (secondary N) is 1. The zero-order chi connectivity index (χ0) is 14.9. The van der Waals surface area contributed by atoms with Gasteiger partial charge in [0, 0.05) is 6.20 Å². The van der Waals surface area contributed by atoms with Gasteiger partial charge < -0.3 is 5.73 Å². The number of aromatic nitrogens is 2. The molecule has 0 amide bonds. The van der Waals surface area contributed by atoms with Crippen molar-refractivity contribution >= 4 is 49.1 Å². The largest absolute Gasteiger partial charge is 0.395 e. The second kappa shape index (κ2) is 5.51. The minimum Gasteiger partial charge on any atom is -0.395 e. The maximum atomic E-state index is 14.0. The van der Waals surface area contributed by atoms with E-state index >= 15 is 0 Å². The Morgan fingerprint density at radius 1 is 1.45 bits per heavy atom. The molecule has 3 N–H and O–H groups in total. The highest BCUT2D eigenvalue weighted by atomic mass is 79.9. The van der Waals surface area contributed by atoms with Gasteiger partial charge in [-0.05, 0) is 34.1 Å². The summed E-state index contributed by atoms with van der Waals surface area (Å²) < 4.78 is 40.3. The lowest BCUT2D eigenvalue weighted by atomic mass is 10.3. The zero-order valence-electron chi connectivity index (χ0n) is 9.64. The number of halogens is 3. The fourth-order valence-electron chi connectivity index (χ4n) is 1.34. The van der Waals surface area contributed by atoms with Crippen LogP contribution in [0.15, 0.2) is 33.8 Å². The minimum atomic E-state index is -4.22. The Bertz CT molecular complexity index is 758. The van der Waals surface area contributed by atoms with E-state index in [1.165, 1.54) is 18.3 Å². The summed E-state index contributed by atoms with van der Waals surface area (Å²) in [6.07, 6.45) is 1.37. The van der Waals surface area contributed by atoms with Crippen LogP contribution in [0.1, 0.15) is 0 Å². The first-order chi connectivity index (χ1) is 9.33. The lowest BCUT2D eigenvalue weighted by molar-refractivity contribution is 0.572. The molecule has 10 heteroatoms. The van der Waals surface area contributed by atoms with Crippen molar-refractivity contribution in [2.45, 2.75) is 4.90 Å². The van der Waals surface area contributed by atoms with Gasteiger partial charge in [0.25, 0.3) is 10.0 Å². The van der Waals surface area contributed by atoms with Gasteiger partial charge in [0.05, 0.1) is 15.2 Å². The Morgan fingerprint density at radius 3 is 2.75 bits per heavy atom. The first-order valence-electron chi connectivity index (χ1n) is 5.06. The number of hydrogen-bond acceptors (Lipinski definition) is 5. The predicted molar refractivity (Wildman–Crippen MR) is 76.4 cm³/mol. The Morgan fingerprint density at radius 2 is 2.15 bits per heavy atom. The van der Waals surface area contributed by atoms with E-state index in [2.05, 4.69) is 30.8 Å². The molecule has 0 radical (unpaired) electrons. The van der Waals surface area contributed by atoms with E-state index < -0.39 is 26.4 Å². The first kappa shape index (κ1) is 14.9. The van der Waals surface area contributed by atoms with E-state index in [0.29, 0.717) is 0 Å². The molecular formula is C10H7BrClFN4O2S. The molecule has 0 unspecified atom stereocenters. The van der Waals surface area contributed by atoms with Gasteiger partial charge in [-0.1, -0.05) is 11.6 Å². The van der Waals surface area contributed by atoms with E-state index in [9.17, 15) is 12.8 Å². The van der Waals surface area contributed by atoms with Crippen LogP contribution in [0.2, 0.25) is 5.02 Å². The Balaban J connectivity index is 2.51. The van der Waals surface area contributed by atoms with Gasteiger partial charge in [0.2, 0.25) is 0 Å². The number of nitrogens with two attached hydrogens (primary N) is 1. The molecule has 1 aromatic carbocycles. The summed E-state index contributed by atoms with van der Waals surface area (Å²) in [6.45, 7) is 0. The van der Waals surface area contributed by atoms with Gasteiger partial charge >= 0.3 is 0 Å². The van der Waals surface area contributed by atoms with Crippen molar-refractivity contribution in [1.29, 1.82) is 0 Å². The highest BCUT2D eigenvalue weighted by Gasteiger charge is 2.24. The summed E-state index contributed by atoms with van der Waals surface area (Å²) in [5, 5.41) is 7.03. The number of nitrogen functional groups attached to an aromatic ring is 1. The summed E-state index contributed by atoms with van der Waals surface area (Å²) in [6, 6.07) is 3.80. The fraction of sp³-hybridized carbons (Fsp3) is 0. The van der Waals surface area contributed by atoms with E-state index in [4.69, 9.17) is 17.3 Å². The monoisotopic (exact) mass is 380 g/mol. The molecule has 0 atom stereocenters. The minimum absolute atomic E-state index is 0.0246. The van der Waals surface area contributed by atoms with Crippen molar-refractivity contribution < 1.29 is 12.8 Å². The lowest BCUT2D eigenvalue weighted by Crippen LogP contribution is -2.16. The van der Waals surface area contributed by atoms with Crippen LogP contribution in [-0.2, 0) is 10.0 Å². The van der Waals surface area contributed by atoms with Gasteiger partial charge in [0.1, 0.15) is 4.90 Å². The molecule has 0 saturated carbocycles. The fourth-order valence-corrected chi connectivity index (χ4v) is 3.02. The molecule has 0 aliphatic rings. The van der Waals surface area contributed by atoms with Crippen LogP contribution in [0.5, 0.6) is 0 Å². The van der Waals surface area contributed by atoms with Gasteiger partial charge in [-0.15, -0.1) is 5.10 Å². The maximum absolute atomic E-state index is 14.0. The number of anilines is 2. The zero-order valence-corrected chi connectivity index (χ0v) is 12.8. The van der Waals surface area contributed by atoms with Crippen molar-refractivity contribution in [3.05, 3.63) is 39.7 Å². The van der Waals surface area contributed by atoms with Crippen molar-refractivity contribution in [3.63, 3.8) is 0 Å². The highest BCUT2D eigenvalue weighted by molar-refractivity contribution is 9.10. The van der Waals surface area contributed by atoms with Crippen LogP contribution < -0.4 is 10.5 Å². The average Bonchev–Trinajstić information content (AvgIpc) is 2.41. The molecule has 106 valence electrons. The third-order valence-corrected chi connectivity index (χ3v) is 4.99. The summed E-state index contributed by atoms with van der Waals surface area (Å²) in [5.41, 5.74) is 5.06. The van der Waals surface area contributed by atoms with Gasteiger partial charge in [0.15, 0.2) is 11.6 Å². The van der Waals surface area contributed by atoms with Crippen LogP contribution in [0.3, 0.4) is 0 Å². The molecule has 0 bridgehead atoms. The highest BCUT2D eigenvalue weighted by Crippen LogP contribution is 2.35. The van der Waals surface area contributed by atoms with Crippen LogP contribution in [0.25, 0.3) is 0 Å². The number of benzene rings is 1. The Hall–Kier alpha value is -1.45. The molecule has 20 heavy (non-hydrogen) atoms. The van der Waals surface area contributed by atoms with Crippen molar-refractivity contribution in [2.24, 2.45) is 0 Å². The van der Waals surface area contributed by atoms with E-state index in [1.54, 1.807) is 0 Å². The molecule has 0 aliphatic heterocycles. The molecule has 1 aromatic heterocycles. The second-order valence-electron chi connectivity index (χ2n) is 3.61. The predicted octanol–water partition coefficient (Wildman–Crippen LogP) is 2.41. The summed E-state index contributed by atoms with van der Waals surface area (Å²) in [7, 11) is -4.22. The topological polar surface area (TPSA) is 98.0 Å². The SMILES string of the molecule is Nc1c(F)c(S(=O)(=O)Nc2cccnn2)cc(Cl)c1Br. The molecule has 0 saturated heterocycles. The third-order valence-electron chi connectivity index (χ3n) is 2.26. The normalized spacial score (nSPS) is 11.3. The average molecular weight is 382 g/mol. The van der Waals surface area contributed by atoms with Gasteiger partial charge in [-0.3, -0.25) is 4.72 Å². The van der Waals surface area contributed by atoms with Gasteiger partial charge in [-0.25, -0.2) is 12.8 Å². The quantitative estimate of drug-likeness (QED) is 0.628. The van der Waals surface area contributed by atoms with Crippen LogP contribution in [0, 0.1) is 5.82 Å². The smallest absolute Gasteiger partial charge is 0.266 e. The van der Waals surface area contributed by atoms with E-state index in [1.807, 2.05) is 0 Å². The number of sulfonamides is 1. The van der Waals surface area contributed by atoms with Gasteiger partial charge in [-0.2, -0.15) is 5.10 Å². The van der Waals surface area contributed by atoms with Crippen molar-refractivity contribution in [2.75, 3.05) is 10.5 Å². The standard InChI is InChI=1S/C10H7BrClFN4O2S/c11-8-5(12)4-6(9(13)10(8)14)20(18,19)17-7-2-1-3-15-16-7/h1-4H,14H2,(H,16,17). The molecule has 1 heterocycles. The second-order valence-corrected chi connectivity index (χ2v) is 6.46. The first-order valence-corrected chi connectivity index (χ1v) is 7.72. The molecule has 0 aliphatic carbocycles. The molecule has 6 nitrogen and oxygen atoms in total.